The van der Waals surface area contributed by atoms with Gasteiger partial charge >= 0.3 is 12.4 Å². The Morgan fingerprint density at radius 3 is 2.24 bits per heavy atom. The first-order chi connectivity index (χ1) is 15.9. The van der Waals surface area contributed by atoms with E-state index in [0.29, 0.717) is 6.07 Å². The third-order valence-corrected chi connectivity index (χ3v) is 4.19. The maximum Gasteiger partial charge on any atom is 0.433 e. The number of nitrogens with zero attached hydrogens (tertiary/aromatic N) is 6. The van der Waals surface area contributed by atoms with Crippen LogP contribution in [0, 0.1) is 5.82 Å². The van der Waals surface area contributed by atoms with E-state index in [-0.39, 0.29) is 17.3 Å². The molecule has 15 heteroatoms. The Morgan fingerprint density at radius 1 is 0.853 bits per heavy atom. The standard InChI is InChI=1S/C19H10F7N7O/c20-10-7-33(8-12(10)34)17-31-15(11-2-1-3-13(29-11)18(21,22)23)30-16(32-17)28-9-4-5-27-14(6-9)19(24,25)26/h1-8,34H,(H,27,28,30,31,32). The van der Waals surface area contributed by atoms with E-state index in [1.54, 1.807) is 0 Å². The molecule has 0 aliphatic carbocycles. The zero-order chi connectivity index (χ0) is 24.7. The summed E-state index contributed by atoms with van der Waals surface area (Å²) in [5, 5.41) is 12.0. The fraction of sp³-hybridized carbons (Fsp3) is 0.105. The van der Waals surface area contributed by atoms with Crippen LogP contribution < -0.4 is 5.32 Å². The monoisotopic (exact) mass is 485 g/mol. The van der Waals surface area contributed by atoms with Crippen LogP contribution in [-0.4, -0.2) is 34.6 Å². The number of hydrogen-bond acceptors (Lipinski definition) is 7. The maximum atomic E-state index is 13.6. The van der Waals surface area contributed by atoms with E-state index in [4.69, 9.17) is 0 Å². The zero-order valence-electron chi connectivity index (χ0n) is 16.4. The van der Waals surface area contributed by atoms with Crippen LogP contribution in [0.2, 0.25) is 0 Å². The molecular weight excluding hydrogens is 475 g/mol. The molecule has 0 fully saturated rings. The topological polar surface area (TPSA) is 102 Å². The van der Waals surface area contributed by atoms with E-state index in [0.717, 1.165) is 35.3 Å². The number of anilines is 2. The third kappa shape index (κ3) is 4.87. The molecule has 4 aromatic heterocycles. The van der Waals surface area contributed by atoms with Crippen molar-refractivity contribution < 1.29 is 35.8 Å². The largest absolute Gasteiger partial charge is 0.504 e. The van der Waals surface area contributed by atoms with Crippen molar-refractivity contribution in [2.45, 2.75) is 12.4 Å². The summed E-state index contributed by atoms with van der Waals surface area (Å²) >= 11 is 0. The Bertz CT molecular complexity index is 1330. The molecule has 0 spiro atoms. The van der Waals surface area contributed by atoms with Gasteiger partial charge in [-0.15, -0.1) is 0 Å². The average Bonchev–Trinajstić information content (AvgIpc) is 3.11. The van der Waals surface area contributed by atoms with Crippen LogP contribution in [0.15, 0.2) is 48.9 Å². The van der Waals surface area contributed by atoms with Gasteiger partial charge in [0, 0.05) is 11.9 Å². The molecule has 0 amide bonds. The molecule has 0 atom stereocenters. The summed E-state index contributed by atoms with van der Waals surface area (Å²) in [4.78, 5) is 18.5. The van der Waals surface area contributed by atoms with E-state index in [1.807, 2.05) is 0 Å². The number of aromatic hydroxyl groups is 1. The number of alkyl halides is 6. The van der Waals surface area contributed by atoms with Gasteiger partial charge in [-0.3, -0.25) is 9.55 Å². The fourth-order valence-corrected chi connectivity index (χ4v) is 2.69. The lowest BCUT2D eigenvalue weighted by Crippen LogP contribution is -2.11. The third-order valence-electron chi connectivity index (χ3n) is 4.19. The Kier molecular flexibility index (Phi) is 5.54. The Morgan fingerprint density at radius 2 is 1.59 bits per heavy atom. The van der Waals surface area contributed by atoms with Crippen LogP contribution in [0.5, 0.6) is 5.75 Å². The second kappa shape index (κ2) is 8.24. The highest BCUT2D eigenvalue weighted by atomic mass is 19.4. The summed E-state index contributed by atoms with van der Waals surface area (Å²) in [6.45, 7) is 0. The molecule has 2 N–H and O–H groups in total. The van der Waals surface area contributed by atoms with Crippen LogP contribution in [0.3, 0.4) is 0 Å². The van der Waals surface area contributed by atoms with Crippen molar-refractivity contribution in [2.75, 3.05) is 5.32 Å². The van der Waals surface area contributed by atoms with Gasteiger partial charge in [0.2, 0.25) is 11.9 Å². The lowest BCUT2D eigenvalue weighted by Gasteiger charge is -2.12. The molecule has 0 aliphatic heterocycles. The SMILES string of the molecule is Oc1cn(-c2nc(Nc3ccnc(C(F)(F)F)c3)nc(-c3cccc(C(F)(F)F)n3)n2)cc1F. The molecule has 0 unspecified atom stereocenters. The summed E-state index contributed by atoms with van der Waals surface area (Å²) in [5.41, 5.74) is -2.95. The number of nitrogens with one attached hydrogen (secondary N) is 1. The van der Waals surface area contributed by atoms with Crippen LogP contribution in [0.4, 0.5) is 42.4 Å². The lowest BCUT2D eigenvalue weighted by molar-refractivity contribution is -0.141. The van der Waals surface area contributed by atoms with Gasteiger partial charge in [-0.05, 0) is 24.3 Å². The highest BCUT2D eigenvalue weighted by Crippen LogP contribution is 2.31. The molecule has 0 saturated heterocycles. The minimum Gasteiger partial charge on any atom is -0.504 e. The molecular formula is C19H10F7N7O. The van der Waals surface area contributed by atoms with E-state index in [1.165, 1.54) is 12.1 Å². The second-order valence-corrected chi connectivity index (χ2v) is 6.64. The van der Waals surface area contributed by atoms with Crippen LogP contribution in [-0.2, 0) is 12.4 Å². The van der Waals surface area contributed by atoms with Crippen molar-refractivity contribution >= 4 is 11.6 Å². The summed E-state index contributed by atoms with van der Waals surface area (Å²) in [6, 6.07) is 4.77. The Hall–Kier alpha value is -4.30. The van der Waals surface area contributed by atoms with Gasteiger partial charge in [0.1, 0.15) is 17.1 Å². The molecule has 0 aromatic carbocycles. The van der Waals surface area contributed by atoms with Gasteiger partial charge < -0.3 is 10.4 Å². The quantitative estimate of drug-likeness (QED) is 0.403. The van der Waals surface area contributed by atoms with Crippen molar-refractivity contribution in [1.29, 1.82) is 0 Å². The second-order valence-electron chi connectivity index (χ2n) is 6.64. The minimum absolute atomic E-state index is 0.149. The number of hydrogen-bond donors (Lipinski definition) is 2. The van der Waals surface area contributed by atoms with Crippen molar-refractivity contribution in [3.05, 3.63) is 66.1 Å². The van der Waals surface area contributed by atoms with E-state index in [9.17, 15) is 35.8 Å². The summed E-state index contributed by atoms with van der Waals surface area (Å²) in [5.74, 6) is -2.98. The molecule has 0 bridgehead atoms. The van der Waals surface area contributed by atoms with Gasteiger partial charge in [-0.25, -0.2) is 9.37 Å². The molecule has 0 saturated carbocycles. The van der Waals surface area contributed by atoms with Crippen molar-refractivity contribution in [2.24, 2.45) is 0 Å². The fourth-order valence-electron chi connectivity index (χ4n) is 2.69. The molecule has 8 nitrogen and oxygen atoms in total. The Labute approximate surface area is 184 Å². The summed E-state index contributed by atoms with van der Waals surface area (Å²) in [6.07, 6.45) is -6.97. The predicted molar refractivity (Wildman–Crippen MR) is 102 cm³/mol. The Balaban J connectivity index is 1.82. The van der Waals surface area contributed by atoms with Gasteiger partial charge in [0.25, 0.3) is 0 Å². The van der Waals surface area contributed by atoms with Crippen LogP contribution in [0.25, 0.3) is 17.5 Å². The number of halogens is 7. The van der Waals surface area contributed by atoms with Gasteiger partial charge in [0.05, 0.1) is 12.4 Å². The smallest absolute Gasteiger partial charge is 0.433 e. The van der Waals surface area contributed by atoms with E-state index in [2.05, 4.69) is 30.2 Å². The van der Waals surface area contributed by atoms with E-state index >= 15 is 0 Å². The average molecular weight is 485 g/mol. The van der Waals surface area contributed by atoms with Crippen molar-refractivity contribution in [3.63, 3.8) is 0 Å². The highest BCUT2D eigenvalue weighted by molar-refractivity contribution is 5.58. The van der Waals surface area contributed by atoms with Gasteiger partial charge in [-0.1, -0.05) is 6.07 Å². The highest BCUT2D eigenvalue weighted by Gasteiger charge is 2.33. The maximum absolute atomic E-state index is 13.6. The predicted octanol–water partition coefficient (Wildman–Crippen LogP) is 4.75. The van der Waals surface area contributed by atoms with Gasteiger partial charge in [-0.2, -0.15) is 41.3 Å². The first-order valence-corrected chi connectivity index (χ1v) is 9.08. The van der Waals surface area contributed by atoms with Crippen molar-refractivity contribution in [3.8, 4) is 23.2 Å². The molecule has 4 rings (SSSR count). The number of pyridine rings is 2. The van der Waals surface area contributed by atoms with Crippen molar-refractivity contribution in [1.82, 2.24) is 29.5 Å². The number of rotatable bonds is 4. The van der Waals surface area contributed by atoms with Crippen LogP contribution in [0.1, 0.15) is 11.4 Å². The first-order valence-electron chi connectivity index (χ1n) is 9.08. The molecule has 0 radical (unpaired) electrons. The molecule has 0 aliphatic rings. The zero-order valence-corrected chi connectivity index (χ0v) is 16.4. The first kappa shape index (κ1) is 22.9. The minimum atomic E-state index is -4.77. The summed E-state index contributed by atoms with van der Waals surface area (Å²) < 4.78 is 92.6. The molecule has 176 valence electrons. The molecule has 34 heavy (non-hydrogen) atoms. The van der Waals surface area contributed by atoms with Gasteiger partial charge in [0.15, 0.2) is 17.4 Å². The normalized spacial score (nSPS) is 12.1. The van der Waals surface area contributed by atoms with Crippen LogP contribution >= 0.6 is 0 Å². The molecule has 4 aromatic rings. The van der Waals surface area contributed by atoms with E-state index < -0.39 is 47.1 Å². The number of aromatic nitrogens is 6. The molecule has 4 heterocycles. The summed E-state index contributed by atoms with van der Waals surface area (Å²) in [7, 11) is 0. The lowest BCUT2D eigenvalue weighted by atomic mass is 10.3.